The van der Waals surface area contributed by atoms with Crippen molar-refractivity contribution >= 4 is 5.97 Å². The fraction of sp³-hybridized carbons (Fsp3) is 0.308. The van der Waals surface area contributed by atoms with Gasteiger partial charge in [-0.15, -0.1) is 0 Å². The topological polar surface area (TPSA) is 29.5 Å². The second kappa shape index (κ2) is 5.44. The van der Waals surface area contributed by atoms with Crippen LogP contribution in [0.15, 0.2) is 42.2 Å². The summed E-state index contributed by atoms with van der Waals surface area (Å²) < 4.78 is 40.4. The maximum Gasteiger partial charge on any atom is 0.491 e. The van der Waals surface area contributed by atoms with Crippen LogP contribution < -0.4 is 0 Å². The molecule has 1 aliphatic heterocycles. The number of carbonyl (C=O) groups is 1. The molecule has 1 heterocycles. The van der Waals surface area contributed by atoms with E-state index in [2.05, 4.69) is 4.74 Å². The van der Waals surface area contributed by atoms with Crippen LogP contribution in [0, 0.1) is 0 Å². The molecule has 0 N–H and O–H groups in total. The van der Waals surface area contributed by atoms with Crippen LogP contribution >= 0.6 is 0 Å². The van der Waals surface area contributed by atoms with E-state index in [1.165, 1.54) is 6.08 Å². The average molecular weight is 271 g/mol. The van der Waals surface area contributed by atoms with Crippen molar-refractivity contribution in [2.45, 2.75) is 12.7 Å². The Morgan fingerprint density at radius 1 is 1.26 bits per heavy atom. The molecule has 0 atom stereocenters. The first kappa shape index (κ1) is 13.6. The van der Waals surface area contributed by atoms with Gasteiger partial charge >= 0.3 is 12.1 Å². The van der Waals surface area contributed by atoms with Crippen molar-refractivity contribution in [3.05, 3.63) is 47.7 Å². The summed E-state index contributed by atoms with van der Waals surface area (Å²) in [6.07, 6.45) is -3.46. The summed E-state index contributed by atoms with van der Waals surface area (Å²) in [5, 5.41) is 0. The molecule has 0 bridgehead atoms. The lowest BCUT2D eigenvalue weighted by Gasteiger charge is -2.15. The minimum atomic E-state index is -4.95. The van der Waals surface area contributed by atoms with Crippen molar-refractivity contribution in [2.24, 2.45) is 0 Å². The van der Waals surface area contributed by atoms with E-state index in [1.54, 1.807) is 0 Å². The Morgan fingerprint density at radius 2 is 1.95 bits per heavy atom. The van der Waals surface area contributed by atoms with E-state index in [0.717, 1.165) is 5.56 Å². The van der Waals surface area contributed by atoms with Crippen LogP contribution in [0.3, 0.4) is 0 Å². The Bertz CT molecular complexity index is 482. The number of alkyl halides is 3. The number of benzene rings is 1. The number of rotatable bonds is 3. The highest BCUT2D eigenvalue weighted by molar-refractivity contribution is 5.76. The summed E-state index contributed by atoms with van der Waals surface area (Å²) in [7, 11) is 0. The summed E-state index contributed by atoms with van der Waals surface area (Å²) in [6, 6.07) is 9.54. The third-order valence-electron chi connectivity index (χ3n) is 2.66. The minimum absolute atomic E-state index is 0.0539. The van der Waals surface area contributed by atoms with Crippen LogP contribution in [-0.4, -0.2) is 30.1 Å². The van der Waals surface area contributed by atoms with Gasteiger partial charge in [0.15, 0.2) is 0 Å². The number of hydrogen-bond acceptors (Lipinski definition) is 3. The van der Waals surface area contributed by atoms with E-state index in [4.69, 9.17) is 0 Å². The molecule has 3 nitrogen and oxygen atoms in total. The summed E-state index contributed by atoms with van der Waals surface area (Å²) in [5.41, 5.74) is 1.05. The first-order chi connectivity index (χ1) is 8.95. The molecule has 6 heteroatoms. The van der Waals surface area contributed by atoms with Crippen LogP contribution in [0.2, 0.25) is 0 Å². The van der Waals surface area contributed by atoms with Crippen LogP contribution in [0.1, 0.15) is 5.56 Å². The number of hydrogen-bond donors (Lipinski definition) is 0. The second-order valence-corrected chi connectivity index (χ2v) is 4.21. The van der Waals surface area contributed by atoms with Gasteiger partial charge in [0.25, 0.3) is 0 Å². The second-order valence-electron chi connectivity index (χ2n) is 4.21. The lowest BCUT2D eigenvalue weighted by atomic mass is 10.2. The molecular weight excluding hydrogens is 259 g/mol. The Kier molecular flexibility index (Phi) is 3.90. The SMILES string of the molecule is O=C(OC1=CCN(Cc2ccccc2)C1)C(F)(F)F. The van der Waals surface area contributed by atoms with Crippen LogP contribution in [-0.2, 0) is 16.1 Å². The van der Waals surface area contributed by atoms with Crippen LogP contribution in [0.5, 0.6) is 0 Å². The van der Waals surface area contributed by atoms with E-state index in [-0.39, 0.29) is 12.3 Å². The Hall–Kier alpha value is -1.82. The Balaban J connectivity index is 1.85. The molecule has 2 rings (SSSR count). The summed E-state index contributed by atoms with van der Waals surface area (Å²) in [4.78, 5) is 12.6. The third-order valence-corrected chi connectivity index (χ3v) is 2.66. The highest BCUT2D eigenvalue weighted by atomic mass is 19.4. The standard InChI is InChI=1S/C13H12F3NO2/c14-13(15,16)12(18)19-11-6-7-17(9-11)8-10-4-2-1-3-5-10/h1-6H,7-9H2. The van der Waals surface area contributed by atoms with Crippen molar-refractivity contribution in [2.75, 3.05) is 13.1 Å². The van der Waals surface area contributed by atoms with Gasteiger partial charge in [0.1, 0.15) is 5.76 Å². The van der Waals surface area contributed by atoms with Crippen molar-refractivity contribution in [3.63, 3.8) is 0 Å². The average Bonchev–Trinajstić information content (AvgIpc) is 2.76. The van der Waals surface area contributed by atoms with E-state index in [0.29, 0.717) is 13.1 Å². The van der Waals surface area contributed by atoms with Gasteiger partial charge in [-0.2, -0.15) is 13.2 Å². The van der Waals surface area contributed by atoms with Gasteiger partial charge in [-0.3, -0.25) is 4.90 Å². The van der Waals surface area contributed by atoms with E-state index >= 15 is 0 Å². The summed E-state index contributed by atoms with van der Waals surface area (Å²) in [6.45, 7) is 1.27. The lowest BCUT2D eigenvalue weighted by Crippen LogP contribution is -2.27. The molecule has 0 spiro atoms. The molecule has 1 aromatic carbocycles. The molecule has 1 aliphatic rings. The van der Waals surface area contributed by atoms with Crippen molar-refractivity contribution in [3.8, 4) is 0 Å². The summed E-state index contributed by atoms with van der Waals surface area (Å²) >= 11 is 0. The molecule has 0 amide bonds. The smallest absolute Gasteiger partial charge is 0.423 e. The van der Waals surface area contributed by atoms with E-state index in [1.807, 2.05) is 35.2 Å². The number of nitrogens with zero attached hydrogens (tertiary/aromatic N) is 1. The van der Waals surface area contributed by atoms with Gasteiger partial charge in [-0.1, -0.05) is 30.3 Å². The van der Waals surface area contributed by atoms with Crippen molar-refractivity contribution in [1.82, 2.24) is 4.90 Å². The molecule has 0 aliphatic carbocycles. The van der Waals surface area contributed by atoms with E-state index < -0.39 is 12.1 Å². The van der Waals surface area contributed by atoms with Crippen LogP contribution in [0.25, 0.3) is 0 Å². The van der Waals surface area contributed by atoms with Crippen molar-refractivity contribution in [1.29, 1.82) is 0 Å². The highest BCUT2D eigenvalue weighted by Gasteiger charge is 2.42. The number of carbonyl (C=O) groups excluding carboxylic acids is 1. The molecule has 0 aromatic heterocycles. The minimum Gasteiger partial charge on any atom is -0.423 e. The highest BCUT2D eigenvalue weighted by Crippen LogP contribution is 2.21. The maximum atomic E-state index is 12.0. The largest absolute Gasteiger partial charge is 0.491 e. The summed E-state index contributed by atoms with van der Waals surface area (Å²) in [5.74, 6) is -2.11. The monoisotopic (exact) mass is 271 g/mol. The van der Waals surface area contributed by atoms with E-state index in [9.17, 15) is 18.0 Å². The Morgan fingerprint density at radius 3 is 2.58 bits per heavy atom. The predicted molar refractivity (Wildman–Crippen MR) is 61.9 cm³/mol. The predicted octanol–water partition coefficient (Wildman–Crippen LogP) is 2.49. The molecule has 0 unspecified atom stereocenters. The molecule has 1 aromatic rings. The zero-order valence-corrected chi connectivity index (χ0v) is 9.98. The molecule has 0 saturated carbocycles. The Labute approximate surface area is 108 Å². The number of ether oxygens (including phenoxy) is 1. The van der Waals surface area contributed by atoms with Gasteiger partial charge < -0.3 is 4.74 Å². The zero-order chi connectivity index (χ0) is 13.9. The fourth-order valence-corrected chi connectivity index (χ4v) is 1.79. The maximum absolute atomic E-state index is 12.0. The van der Waals surface area contributed by atoms with Gasteiger partial charge in [-0.05, 0) is 11.6 Å². The van der Waals surface area contributed by atoms with Gasteiger partial charge in [0.05, 0.1) is 6.54 Å². The van der Waals surface area contributed by atoms with Crippen LogP contribution in [0.4, 0.5) is 13.2 Å². The number of halogens is 3. The number of esters is 1. The quantitative estimate of drug-likeness (QED) is 0.791. The fourth-order valence-electron chi connectivity index (χ4n) is 1.79. The third kappa shape index (κ3) is 3.82. The van der Waals surface area contributed by atoms with Gasteiger partial charge in [-0.25, -0.2) is 4.79 Å². The first-order valence-corrected chi connectivity index (χ1v) is 5.69. The molecule has 19 heavy (non-hydrogen) atoms. The molecule has 0 fully saturated rings. The first-order valence-electron chi connectivity index (χ1n) is 5.69. The van der Waals surface area contributed by atoms with Gasteiger partial charge in [0.2, 0.25) is 0 Å². The normalized spacial score (nSPS) is 16.3. The van der Waals surface area contributed by atoms with Crippen molar-refractivity contribution < 1.29 is 22.7 Å². The zero-order valence-electron chi connectivity index (χ0n) is 9.98. The molecule has 0 radical (unpaired) electrons. The lowest BCUT2D eigenvalue weighted by molar-refractivity contribution is -0.195. The molecule has 0 saturated heterocycles. The molecular formula is C13H12F3NO2. The molecule has 102 valence electrons. The van der Waals surface area contributed by atoms with Gasteiger partial charge in [0, 0.05) is 13.1 Å².